The molecule has 0 saturated heterocycles. The maximum atomic E-state index is 12.2. The summed E-state index contributed by atoms with van der Waals surface area (Å²) < 4.78 is 9.92. The third-order valence-electron chi connectivity index (χ3n) is 3.43. The van der Waals surface area contributed by atoms with Gasteiger partial charge in [0.1, 0.15) is 5.00 Å². The summed E-state index contributed by atoms with van der Waals surface area (Å²) in [6.45, 7) is 4.23. The number of anilines is 1. The van der Waals surface area contributed by atoms with Crippen molar-refractivity contribution in [2.24, 2.45) is 0 Å². The topological polar surface area (TPSA) is 112 Å². The smallest absolute Gasteiger partial charge is 0.341 e. The van der Waals surface area contributed by atoms with Crippen molar-refractivity contribution < 1.29 is 28.7 Å². The number of hydrogen-bond acceptors (Lipinski definition) is 8. The van der Waals surface area contributed by atoms with Crippen molar-refractivity contribution in [3.05, 3.63) is 46.1 Å². The number of Topliss-reactive ketones (excluding diaryl/α,β-unsaturated/α-hetero) is 1. The Kier molecular flexibility index (Phi) is 6.78. The number of aromatic nitrogens is 1. The molecule has 2 heterocycles. The molecular weight excluding hydrogens is 372 g/mol. The normalized spacial score (nSPS) is 10.2. The molecule has 2 aromatic rings. The average Bonchev–Trinajstić information content (AvgIpc) is 2.97. The molecular formula is C18H18N2O6S. The highest BCUT2D eigenvalue weighted by Crippen LogP contribution is 2.34. The summed E-state index contributed by atoms with van der Waals surface area (Å²) >= 11 is 0.975. The number of thiophene rings is 1. The largest absolute Gasteiger partial charge is 0.462 e. The molecule has 2 aromatic heterocycles. The first-order chi connectivity index (χ1) is 12.8. The average molecular weight is 390 g/mol. The van der Waals surface area contributed by atoms with Crippen LogP contribution in [0.25, 0.3) is 0 Å². The molecule has 2 rings (SSSR count). The Morgan fingerprint density at radius 3 is 2.52 bits per heavy atom. The van der Waals surface area contributed by atoms with Crippen LogP contribution in [0, 0.1) is 6.92 Å². The fraction of sp³-hybridized carbons (Fsp3) is 0.278. The first kappa shape index (κ1) is 20.2. The fourth-order valence-corrected chi connectivity index (χ4v) is 3.35. The zero-order valence-corrected chi connectivity index (χ0v) is 15.8. The Bertz CT molecular complexity index is 875. The standard InChI is InChI=1S/C18H18N2O6S/c1-4-25-18(24)14-10(2)15(11(3)21)27-16(14)20-13(22)9-26-17(23)12-6-5-7-19-8-12/h5-8H,4,9H2,1-3H3,(H,20,22). The van der Waals surface area contributed by atoms with Gasteiger partial charge in [-0.05, 0) is 38.5 Å². The minimum Gasteiger partial charge on any atom is -0.462 e. The van der Waals surface area contributed by atoms with Gasteiger partial charge in [-0.1, -0.05) is 0 Å². The van der Waals surface area contributed by atoms with Gasteiger partial charge in [-0.3, -0.25) is 14.6 Å². The molecule has 27 heavy (non-hydrogen) atoms. The monoisotopic (exact) mass is 390 g/mol. The lowest BCUT2D eigenvalue weighted by Crippen LogP contribution is -2.21. The van der Waals surface area contributed by atoms with E-state index < -0.39 is 24.5 Å². The number of nitrogens with zero attached hydrogens (tertiary/aromatic N) is 1. The lowest BCUT2D eigenvalue weighted by molar-refractivity contribution is -0.119. The minimum absolute atomic E-state index is 0.124. The van der Waals surface area contributed by atoms with Gasteiger partial charge in [-0.15, -0.1) is 11.3 Å². The molecule has 1 N–H and O–H groups in total. The maximum absolute atomic E-state index is 12.2. The third-order valence-corrected chi connectivity index (χ3v) is 4.74. The molecule has 0 spiro atoms. The second-order valence-electron chi connectivity index (χ2n) is 5.40. The fourth-order valence-electron chi connectivity index (χ4n) is 2.25. The number of carbonyl (C=O) groups excluding carboxylic acids is 4. The molecule has 0 aromatic carbocycles. The second-order valence-corrected chi connectivity index (χ2v) is 6.42. The first-order valence-corrected chi connectivity index (χ1v) is 8.85. The van der Waals surface area contributed by atoms with Gasteiger partial charge in [0.25, 0.3) is 5.91 Å². The lowest BCUT2D eigenvalue weighted by atomic mass is 10.1. The van der Waals surface area contributed by atoms with Crippen LogP contribution in [0.2, 0.25) is 0 Å². The van der Waals surface area contributed by atoms with Crippen LogP contribution in [0.15, 0.2) is 24.5 Å². The van der Waals surface area contributed by atoms with E-state index in [0.29, 0.717) is 10.4 Å². The van der Waals surface area contributed by atoms with Crippen molar-refractivity contribution in [1.82, 2.24) is 4.98 Å². The quantitative estimate of drug-likeness (QED) is 0.571. The molecule has 0 aliphatic rings. The molecule has 0 aliphatic carbocycles. The summed E-state index contributed by atoms with van der Waals surface area (Å²) in [5.41, 5.74) is 0.774. The molecule has 9 heteroatoms. The van der Waals surface area contributed by atoms with Crippen LogP contribution in [-0.4, -0.2) is 41.8 Å². The highest BCUT2D eigenvalue weighted by Gasteiger charge is 2.25. The van der Waals surface area contributed by atoms with Crippen molar-refractivity contribution in [1.29, 1.82) is 0 Å². The Balaban J connectivity index is 2.12. The van der Waals surface area contributed by atoms with E-state index >= 15 is 0 Å². The minimum atomic E-state index is -0.698. The van der Waals surface area contributed by atoms with E-state index in [2.05, 4.69) is 10.3 Å². The molecule has 0 aliphatic heterocycles. The predicted octanol–water partition coefficient (Wildman–Crippen LogP) is 2.63. The predicted molar refractivity (Wildman–Crippen MR) is 98.2 cm³/mol. The lowest BCUT2D eigenvalue weighted by Gasteiger charge is -2.08. The van der Waals surface area contributed by atoms with E-state index in [1.165, 1.54) is 25.4 Å². The molecule has 0 unspecified atom stereocenters. The number of rotatable bonds is 7. The Morgan fingerprint density at radius 1 is 1.19 bits per heavy atom. The van der Waals surface area contributed by atoms with Gasteiger partial charge in [0.2, 0.25) is 0 Å². The Morgan fingerprint density at radius 2 is 1.93 bits per heavy atom. The van der Waals surface area contributed by atoms with Gasteiger partial charge >= 0.3 is 11.9 Å². The number of hydrogen-bond donors (Lipinski definition) is 1. The highest BCUT2D eigenvalue weighted by atomic mass is 32.1. The molecule has 0 radical (unpaired) electrons. The molecule has 0 fully saturated rings. The van der Waals surface area contributed by atoms with E-state index in [4.69, 9.17) is 9.47 Å². The number of ether oxygens (including phenoxy) is 2. The van der Waals surface area contributed by atoms with Crippen molar-refractivity contribution in [3.63, 3.8) is 0 Å². The van der Waals surface area contributed by atoms with Crippen LogP contribution >= 0.6 is 11.3 Å². The molecule has 0 saturated carbocycles. The third kappa shape index (κ3) is 4.98. The van der Waals surface area contributed by atoms with Gasteiger partial charge in [0, 0.05) is 12.4 Å². The van der Waals surface area contributed by atoms with Gasteiger partial charge < -0.3 is 14.8 Å². The molecule has 8 nitrogen and oxygen atoms in total. The van der Waals surface area contributed by atoms with Crippen molar-refractivity contribution >= 4 is 40.0 Å². The summed E-state index contributed by atoms with van der Waals surface area (Å²) in [4.78, 5) is 52.1. The van der Waals surface area contributed by atoms with Crippen LogP contribution in [0.5, 0.6) is 0 Å². The zero-order chi connectivity index (χ0) is 20.0. The number of amides is 1. The molecule has 0 atom stereocenters. The van der Waals surface area contributed by atoms with E-state index in [9.17, 15) is 19.2 Å². The first-order valence-electron chi connectivity index (χ1n) is 8.03. The number of carbonyl (C=O) groups is 4. The van der Waals surface area contributed by atoms with Gasteiger partial charge in [0.05, 0.1) is 22.6 Å². The van der Waals surface area contributed by atoms with Gasteiger partial charge in [0.15, 0.2) is 12.4 Å². The summed E-state index contributed by atoms with van der Waals surface area (Å²) in [6, 6.07) is 3.08. The molecule has 142 valence electrons. The Hall–Kier alpha value is -3.07. The van der Waals surface area contributed by atoms with E-state index in [-0.39, 0.29) is 28.5 Å². The second kappa shape index (κ2) is 9.04. The van der Waals surface area contributed by atoms with E-state index in [1.807, 2.05) is 0 Å². The van der Waals surface area contributed by atoms with Crippen molar-refractivity contribution in [2.75, 3.05) is 18.5 Å². The van der Waals surface area contributed by atoms with Crippen LogP contribution in [-0.2, 0) is 14.3 Å². The van der Waals surface area contributed by atoms with E-state index in [0.717, 1.165) is 11.3 Å². The number of pyridine rings is 1. The highest BCUT2D eigenvalue weighted by molar-refractivity contribution is 7.18. The molecule has 1 amide bonds. The zero-order valence-electron chi connectivity index (χ0n) is 15.0. The van der Waals surface area contributed by atoms with Crippen molar-refractivity contribution in [3.8, 4) is 0 Å². The van der Waals surface area contributed by atoms with Crippen LogP contribution in [0.3, 0.4) is 0 Å². The molecule has 0 bridgehead atoms. The summed E-state index contributed by atoms with van der Waals surface area (Å²) in [5, 5.41) is 2.69. The van der Waals surface area contributed by atoms with Gasteiger partial charge in [-0.2, -0.15) is 0 Å². The Labute approximate surface area is 159 Å². The van der Waals surface area contributed by atoms with Crippen molar-refractivity contribution in [2.45, 2.75) is 20.8 Å². The number of nitrogens with one attached hydrogen (secondary N) is 1. The summed E-state index contributed by atoms with van der Waals surface area (Å²) in [6.07, 6.45) is 2.83. The number of ketones is 1. The van der Waals surface area contributed by atoms with Crippen LogP contribution in [0.1, 0.15) is 49.8 Å². The van der Waals surface area contributed by atoms with Gasteiger partial charge in [-0.25, -0.2) is 9.59 Å². The summed E-state index contributed by atoms with van der Waals surface area (Å²) in [7, 11) is 0. The number of esters is 2. The maximum Gasteiger partial charge on any atom is 0.341 e. The van der Waals surface area contributed by atoms with Crippen LogP contribution in [0.4, 0.5) is 5.00 Å². The van der Waals surface area contributed by atoms with Crippen LogP contribution < -0.4 is 5.32 Å². The summed E-state index contributed by atoms with van der Waals surface area (Å²) in [5.74, 6) is -2.21. The van der Waals surface area contributed by atoms with E-state index in [1.54, 1.807) is 19.9 Å². The SMILES string of the molecule is CCOC(=O)c1c(NC(=O)COC(=O)c2cccnc2)sc(C(C)=O)c1C.